The van der Waals surface area contributed by atoms with Crippen molar-refractivity contribution < 1.29 is 21.6 Å². The molecule has 0 radical (unpaired) electrons. The van der Waals surface area contributed by atoms with Crippen LogP contribution in [0.1, 0.15) is 32.3 Å². The third-order valence-corrected chi connectivity index (χ3v) is 4.92. The number of sulfonamides is 1. The predicted molar refractivity (Wildman–Crippen MR) is 70.8 cm³/mol. The van der Waals surface area contributed by atoms with Crippen LogP contribution in [0.25, 0.3) is 0 Å². The molecule has 0 unspecified atom stereocenters. The summed E-state index contributed by atoms with van der Waals surface area (Å²) in [5.41, 5.74) is -0.854. The van der Waals surface area contributed by atoms with Crippen LogP contribution < -0.4 is 0 Å². The van der Waals surface area contributed by atoms with Crippen molar-refractivity contribution in [2.24, 2.45) is 0 Å². The van der Waals surface area contributed by atoms with Gasteiger partial charge < -0.3 is 0 Å². The van der Waals surface area contributed by atoms with Crippen LogP contribution in [0.15, 0.2) is 29.2 Å². The van der Waals surface area contributed by atoms with Gasteiger partial charge in [0.1, 0.15) is 0 Å². The van der Waals surface area contributed by atoms with E-state index in [0.717, 1.165) is 30.7 Å². The lowest BCUT2D eigenvalue weighted by atomic mass is 10.2. The summed E-state index contributed by atoms with van der Waals surface area (Å²) in [7, 11) is -3.72. The molecule has 0 aliphatic heterocycles. The first-order chi connectivity index (χ1) is 9.23. The SMILES string of the molecule is CCCCN(CC)S(=O)(=O)c1ccc(C(F)(F)F)cc1. The molecule has 0 bridgehead atoms. The quantitative estimate of drug-likeness (QED) is 0.806. The monoisotopic (exact) mass is 309 g/mol. The first-order valence-electron chi connectivity index (χ1n) is 6.41. The maximum absolute atomic E-state index is 12.4. The number of alkyl halides is 3. The Hall–Kier alpha value is -1.08. The molecule has 0 saturated heterocycles. The molecular weight excluding hydrogens is 291 g/mol. The van der Waals surface area contributed by atoms with Crippen molar-refractivity contribution in [1.82, 2.24) is 4.31 Å². The molecule has 1 aromatic rings. The molecule has 0 aromatic heterocycles. The van der Waals surface area contributed by atoms with Gasteiger partial charge in [0.15, 0.2) is 0 Å². The number of unbranched alkanes of at least 4 members (excludes halogenated alkanes) is 1. The Kier molecular flexibility index (Phi) is 5.59. The first-order valence-corrected chi connectivity index (χ1v) is 7.85. The molecule has 0 spiro atoms. The minimum Gasteiger partial charge on any atom is -0.207 e. The Morgan fingerprint density at radius 1 is 1.10 bits per heavy atom. The number of halogens is 3. The van der Waals surface area contributed by atoms with Crippen LogP contribution in [0.4, 0.5) is 13.2 Å². The first kappa shape index (κ1) is 17.0. The summed E-state index contributed by atoms with van der Waals surface area (Å²) in [5.74, 6) is 0. The van der Waals surface area contributed by atoms with E-state index in [1.807, 2.05) is 6.92 Å². The van der Waals surface area contributed by atoms with Crippen LogP contribution in [0.5, 0.6) is 0 Å². The lowest BCUT2D eigenvalue weighted by Gasteiger charge is -2.20. The molecule has 114 valence electrons. The van der Waals surface area contributed by atoms with E-state index in [4.69, 9.17) is 0 Å². The Bertz CT molecular complexity index is 524. The highest BCUT2D eigenvalue weighted by Gasteiger charge is 2.31. The van der Waals surface area contributed by atoms with Crippen LogP contribution in [-0.4, -0.2) is 25.8 Å². The fourth-order valence-electron chi connectivity index (χ4n) is 1.75. The van der Waals surface area contributed by atoms with Crippen LogP contribution >= 0.6 is 0 Å². The van der Waals surface area contributed by atoms with E-state index in [2.05, 4.69) is 0 Å². The lowest BCUT2D eigenvalue weighted by Crippen LogP contribution is -2.31. The second-order valence-corrected chi connectivity index (χ2v) is 6.31. The largest absolute Gasteiger partial charge is 0.416 e. The molecule has 0 saturated carbocycles. The zero-order valence-electron chi connectivity index (χ0n) is 11.4. The number of hydrogen-bond donors (Lipinski definition) is 0. The van der Waals surface area contributed by atoms with E-state index in [1.54, 1.807) is 6.92 Å². The van der Waals surface area contributed by atoms with E-state index < -0.39 is 21.8 Å². The molecule has 0 heterocycles. The number of nitrogens with zero attached hydrogens (tertiary/aromatic N) is 1. The average Bonchev–Trinajstić information content (AvgIpc) is 2.38. The molecule has 0 aliphatic rings. The second-order valence-electron chi connectivity index (χ2n) is 4.37. The maximum atomic E-state index is 12.4. The van der Waals surface area contributed by atoms with Gasteiger partial charge in [-0.25, -0.2) is 8.42 Å². The molecule has 0 aliphatic carbocycles. The van der Waals surface area contributed by atoms with E-state index in [-0.39, 0.29) is 4.90 Å². The standard InChI is InChI=1S/C13H18F3NO2S/c1-3-5-10-17(4-2)20(18,19)12-8-6-11(7-9-12)13(14,15)16/h6-9H,3-5,10H2,1-2H3. The van der Waals surface area contributed by atoms with Gasteiger partial charge in [0.2, 0.25) is 10.0 Å². The number of benzene rings is 1. The topological polar surface area (TPSA) is 37.4 Å². The van der Waals surface area contributed by atoms with Crippen LogP contribution in [0.2, 0.25) is 0 Å². The van der Waals surface area contributed by atoms with Crippen molar-refractivity contribution in [1.29, 1.82) is 0 Å². The highest BCUT2D eigenvalue weighted by atomic mass is 32.2. The van der Waals surface area contributed by atoms with Crippen LogP contribution in [0, 0.1) is 0 Å². The molecule has 3 nitrogen and oxygen atoms in total. The Labute approximate surface area is 117 Å². The highest BCUT2D eigenvalue weighted by molar-refractivity contribution is 7.89. The molecule has 7 heteroatoms. The Balaban J connectivity index is 3.03. The summed E-state index contributed by atoms with van der Waals surface area (Å²) >= 11 is 0. The molecule has 0 fully saturated rings. The van der Waals surface area contributed by atoms with Gasteiger partial charge in [-0.15, -0.1) is 0 Å². The fourth-order valence-corrected chi connectivity index (χ4v) is 3.24. The van der Waals surface area contributed by atoms with Gasteiger partial charge in [0, 0.05) is 13.1 Å². The van der Waals surface area contributed by atoms with Gasteiger partial charge >= 0.3 is 6.18 Å². The van der Waals surface area contributed by atoms with Gasteiger partial charge in [-0.1, -0.05) is 20.3 Å². The van der Waals surface area contributed by atoms with Crippen LogP contribution in [0.3, 0.4) is 0 Å². The minimum absolute atomic E-state index is 0.108. The van der Waals surface area contributed by atoms with Gasteiger partial charge in [0.05, 0.1) is 10.5 Å². The zero-order chi connectivity index (χ0) is 15.4. The minimum atomic E-state index is -4.46. The zero-order valence-corrected chi connectivity index (χ0v) is 12.3. The van der Waals surface area contributed by atoms with Crippen molar-refractivity contribution in [2.45, 2.75) is 37.8 Å². The molecule has 1 aromatic carbocycles. The summed E-state index contributed by atoms with van der Waals surface area (Å²) in [5, 5.41) is 0. The third-order valence-electron chi connectivity index (χ3n) is 2.93. The van der Waals surface area contributed by atoms with E-state index in [9.17, 15) is 21.6 Å². The van der Waals surface area contributed by atoms with Gasteiger partial charge in [-0.05, 0) is 30.7 Å². The van der Waals surface area contributed by atoms with E-state index in [1.165, 1.54) is 4.31 Å². The normalized spacial score (nSPS) is 12.9. The highest BCUT2D eigenvalue weighted by Crippen LogP contribution is 2.30. The Morgan fingerprint density at radius 2 is 1.65 bits per heavy atom. The van der Waals surface area contributed by atoms with Crippen molar-refractivity contribution in [3.05, 3.63) is 29.8 Å². The summed E-state index contributed by atoms with van der Waals surface area (Å²) in [6.45, 7) is 4.32. The summed E-state index contributed by atoms with van der Waals surface area (Å²) in [6, 6.07) is 3.60. The molecule has 1 rings (SSSR count). The molecular formula is C13H18F3NO2S. The Morgan fingerprint density at radius 3 is 2.05 bits per heavy atom. The van der Waals surface area contributed by atoms with Gasteiger partial charge in [0.25, 0.3) is 0 Å². The van der Waals surface area contributed by atoms with Gasteiger partial charge in [-0.2, -0.15) is 17.5 Å². The number of rotatable bonds is 6. The second kappa shape index (κ2) is 6.58. The van der Waals surface area contributed by atoms with E-state index in [0.29, 0.717) is 19.5 Å². The summed E-state index contributed by atoms with van der Waals surface area (Å²) < 4.78 is 63.2. The van der Waals surface area contributed by atoms with Gasteiger partial charge in [-0.3, -0.25) is 0 Å². The molecule has 20 heavy (non-hydrogen) atoms. The fraction of sp³-hybridized carbons (Fsp3) is 0.538. The van der Waals surface area contributed by atoms with Crippen molar-refractivity contribution in [2.75, 3.05) is 13.1 Å². The average molecular weight is 309 g/mol. The lowest BCUT2D eigenvalue weighted by molar-refractivity contribution is -0.137. The number of hydrogen-bond acceptors (Lipinski definition) is 2. The third kappa shape index (κ3) is 3.96. The molecule has 0 atom stereocenters. The predicted octanol–water partition coefficient (Wildman–Crippen LogP) is 3.52. The summed E-state index contributed by atoms with van der Waals surface area (Å²) in [4.78, 5) is -0.108. The maximum Gasteiger partial charge on any atom is 0.416 e. The van der Waals surface area contributed by atoms with Crippen molar-refractivity contribution in [3.8, 4) is 0 Å². The van der Waals surface area contributed by atoms with Crippen molar-refractivity contribution >= 4 is 10.0 Å². The molecule has 0 amide bonds. The van der Waals surface area contributed by atoms with Crippen molar-refractivity contribution in [3.63, 3.8) is 0 Å². The summed E-state index contributed by atoms with van der Waals surface area (Å²) in [6.07, 6.45) is -2.90. The van der Waals surface area contributed by atoms with Crippen LogP contribution in [-0.2, 0) is 16.2 Å². The smallest absolute Gasteiger partial charge is 0.207 e. The van der Waals surface area contributed by atoms with E-state index >= 15 is 0 Å². The molecule has 0 N–H and O–H groups in total.